The highest BCUT2D eigenvalue weighted by Crippen LogP contribution is 2.36. The maximum absolute atomic E-state index is 14.2. The third-order valence-electron chi connectivity index (χ3n) is 7.44. The normalized spacial score (nSPS) is 14.6. The second kappa shape index (κ2) is 13.1. The van der Waals surface area contributed by atoms with E-state index < -0.39 is 12.0 Å². The second-order valence-electron chi connectivity index (χ2n) is 9.80. The summed E-state index contributed by atoms with van der Waals surface area (Å²) in [5.41, 5.74) is 3.85. The van der Waals surface area contributed by atoms with E-state index in [2.05, 4.69) is 18.7 Å². The zero-order chi connectivity index (χ0) is 30.5. The molecule has 0 amide bonds. The average molecular weight is 598 g/mol. The van der Waals surface area contributed by atoms with Crippen LogP contribution in [0.3, 0.4) is 0 Å². The first kappa shape index (κ1) is 29.8. The van der Waals surface area contributed by atoms with Crippen LogP contribution < -0.4 is 29.3 Å². The van der Waals surface area contributed by atoms with E-state index in [0.717, 1.165) is 35.5 Å². The van der Waals surface area contributed by atoms with Gasteiger partial charge in [-0.05, 0) is 56.7 Å². The summed E-state index contributed by atoms with van der Waals surface area (Å²) in [7, 11) is 3.22. The summed E-state index contributed by atoms with van der Waals surface area (Å²) >= 11 is 1.28. The van der Waals surface area contributed by atoms with E-state index in [-0.39, 0.29) is 12.2 Å². The highest BCUT2D eigenvalue weighted by molar-refractivity contribution is 7.07. The number of carbonyl (C=O) groups is 1. The van der Waals surface area contributed by atoms with Crippen LogP contribution in [0.1, 0.15) is 43.5 Å². The van der Waals surface area contributed by atoms with E-state index in [1.807, 2.05) is 78.9 Å². The van der Waals surface area contributed by atoms with Crippen molar-refractivity contribution in [2.24, 2.45) is 4.99 Å². The van der Waals surface area contributed by atoms with Gasteiger partial charge in [-0.2, -0.15) is 0 Å². The lowest BCUT2D eigenvalue weighted by Crippen LogP contribution is -2.40. The third-order valence-corrected chi connectivity index (χ3v) is 8.42. The van der Waals surface area contributed by atoms with Crippen molar-refractivity contribution < 1.29 is 19.0 Å². The fourth-order valence-corrected chi connectivity index (χ4v) is 6.28. The van der Waals surface area contributed by atoms with Gasteiger partial charge in [0.25, 0.3) is 5.56 Å². The van der Waals surface area contributed by atoms with Crippen molar-refractivity contribution in [3.05, 3.63) is 115 Å². The first-order valence-corrected chi connectivity index (χ1v) is 15.1. The van der Waals surface area contributed by atoms with Gasteiger partial charge in [-0.1, -0.05) is 53.8 Å². The van der Waals surface area contributed by atoms with Crippen LogP contribution in [0, 0.1) is 0 Å². The molecule has 0 spiro atoms. The molecule has 0 N–H and O–H groups in total. The van der Waals surface area contributed by atoms with Crippen LogP contribution in [-0.4, -0.2) is 44.5 Å². The fourth-order valence-electron chi connectivity index (χ4n) is 5.29. The summed E-state index contributed by atoms with van der Waals surface area (Å²) in [6, 6.07) is 22.1. The molecule has 0 fully saturated rings. The molecule has 3 aromatic carbocycles. The zero-order valence-corrected chi connectivity index (χ0v) is 25.8. The van der Waals surface area contributed by atoms with E-state index in [1.54, 1.807) is 25.7 Å². The van der Waals surface area contributed by atoms with Crippen molar-refractivity contribution >= 4 is 34.8 Å². The lowest BCUT2D eigenvalue weighted by atomic mass is 9.93. The van der Waals surface area contributed by atoms with Crippen molar-refractivity contribution in [3.63, 3.8) is 0 Å². The average Bonchev–Trinajstić information content (AvgIpc) is 3.36. The summed E-state index contributed by atoms with van der Waals surface area (Å²) in [4.78, 5) is 35.5. The summed E-state index contributed by atoms with van der Waals surface area (Å²) in [6.45, 7) is 7.91. The predicted octanol–water partition coefficient (Wildman–Crippen LogP) is 4.80. The van der Waals surface area contributed by atoms with Gasteiger partial charge in [0.05, 0.1) is 42.7 Å². The number of benzene rings is 3. The van der Waals surface area contributed by atoms with Crippen LogP contribution in [0.4, 0.5) is 5.69 Å². The molecule has 1 aliphatic rings. The van der Waals surface area contributed by atoms with Crippen molar-refractivity contribution in [1.29, 1.82) is 0 Å². The minimum atomic E-state index is -0.759. The second-order valence-corrected chi connectivity index (χ2v) is 10.8. The Bertz CT molecular complexity index is 1820. The number of esters is 1. The van der Waals surface area contributed by atoms with Gasteiger partial charge in [-0.3, -0.25) is 9.36 Å². The van der Waals surface area contributed by atoms with Gasteiger partial charge < -0.3 is 19.1 Å². The largest absolute Gasteiger partial charge is 0.497 e. The molecule has 222 valence electrons. The number of hydrogen-bond acceptors (Lipinski definition) is 8. The molecule has 0 unspecified atom stereocenters. The standard InChI is InChI=1S/C34H35N3O5S/c1-6-36(7-2)25-17-14-24(27(21-25)41-5)20-28-32(38)37-31(23-15-18-26(40-4)19-16-23)29(33(39)42-8-3)30(35-34(37)43-28)22-12-10-9-11-13-22/h9-21,31H,6-8H2,1-5H3/b28-20-/t31-/m1/s1. The van der Waals surface area contributed by atoms with Crippen LogP contribution in [-0.2, 0) is 9.53 Å². The number of nitrogens with zero attached hydrogens (tertiary/aromatic N) is 3. The molecule has 1 atom stereocenters. The SMILES string of the molecule is CCOC(=O)C1=C(c2ccccc2)N=c2s/c(=C\c3ccc(N(CC)CC)cc3OC)c(=O)n2[C@@H]1c1ccc(OC)cc1. The Kier molecular flexibility index (Phi) is 9.11. The predicted molar refractivity (Wildman–Crippen MR) is 171 cm³/mol. The van der Waals surface area contributed by atoms with Crippen molar-refractivity contribution in [2.75, 3.05) is 38.8 Å². The van der Waals surface area contributed by atoms with Gasteiger partial charge in [0.2, 0.25) is 0 Å². The Morgan fingerprint density at radius 3 is 2.33 bits per heavy atom. The van der Waals surface area contributed by atoms with E-state index in [4.69, 9.17) is 19.2 Å². The van der Waals surface area contributed by atoms with Gasteiger partial charge in [0, 0.05) is 36.0 Å². The van der Waals surface area contributed by atoms with Crippen LogP contribution in [0.25, 0.3) is 11.8 Å². The van der Waals surface area contributed by atoms with Crippen LogP contribution in [0.5, 0.6) is 11.5 Å². The number of aromatic nitrogens is 1. The van der Waals surface area contributed by atoms with Gasteiger partial charge >= 0.3 is 5.97 Å². The van der Waals surface area contributed by atoms with Crippen molar-refractivity contribution in [2.45, 2.75) is 26.8 Å². The number of rotatable bonds is 10. The van der Waals surface area contributed by atoms with Crippen LogP contribution >= 0.6 is 11.3 Å². The highest BCUT2D eigenvalue weighted by Gasteiger charge is 2.35. The van der Waals surface area contributed by atoms with Gasteiger partial charge in [-0.25, -0.2) is 9.79 Å². The van der Waals surface area contributed by atoms with Crippen molar-refractivity contribution in [1.82, 2.24) is 4.57 Å². The van der Waals surface area contributed by atoms with Crippen molar-refractivity contribution in [3.8, 4) is 11.5 Å². The monoisotopic (exact) mass is 597 g/mol. The molecule has 5 rings (SSSR count). The first-order chi connectivity index (χ1) is 20.9. The van der Waals surface area contributed by atoms with Gasteiger partial charge in [0.1, 0.15) is 11.5 Å². The molecule has 0 saturated carbocycles. The van der Waals surface area contributed by atoms with Crippen LogP contribution in [0.2, 0.25) is 0 Å². The number of anilines is 1. The molecule has 1 aromatic heterocycles. The van der Waals surface area contributed by atoms with E-state index >= 15 is 0 Å². The number of hydrogen-bond donors (Lipinski definition) is 0. The maximum Gasteiger partial charge on any atom is 0.338 e. The first-order valence-electron chi connectivity index (χ1n) is 14.3. The lowest BCUT2D eigenvalue weighted by molar-refractivity contribution is -0.138. The summed E-state index contributed by atoms with van der Waals surface area (Å²) in [5, 5.41) is 0. The molecule has 43 heavy (non-hydrogen) atoms. The topological polar surface area (TPSA) is 82.4 Å². The number of ether oxygens (including phenoxy) is 3. The molecule has 2 heterocycles. The Labute approximate surface area is 254 Å². The molecule has 4 aromatic rings. The lowest BCUT2D eigenvalue weighted by Gasteiger charge is -2.26. The summed E-state index contributed by atoms with van der Waals surface area (Å²) < 4.78 is 18.7. The zero-order valence-electron chi connectivity index (χ0n) is 25.0. The smallest absolute Gasteiger partial charge is 0.338 e. The number of fused-ring (bicyclic) bond motifs is 1. The van der Waals surface area contributed by atoms with Gasteiger partial charge in [-0.15, -0.1) is 0 Å². The Morgan fingerprint density at radius 1 is 0.977 bits per heavy atom. The van der Waals surface area contributed by atoms with Crippen LogP contribution in [0.15, 0.2) is 88.2 Å². The molecule has 1 aliphatic heterocycles. The molecule has 9 heteroatoms. The van der Waals surface area contributed by atoms with E-state index in [0.29, 0.717) is 32.1 Å². The van der Waals surface area contributed by atoms with E-state index in [9.17, 15) is 9.59 Å². The Balaban J connectivity index is 1.77. The number of methoxy groups -OCH3 is 2. The highest BCUT2D eigenvalue weighted by atomic mass is 32.1. The number of thiazole rings is 1. The maximum atomic E-state index is 14.2. The van der Waals surface area contributed by atoms with Gasteiger partial charge in [0.15, 0.2) is 4.80 Å². The Morgan fingerprint density at radius 2 is 1.70 bits per heavy atom. The van der Waals surface area contributed by atoms with E-state index in [1.165, 1.54) is 11.3 Å². The Hall–Kier alpha value is -4.63. The fraction of sp³-hybridized carbons (Fsp3) is 0.265. The minimum Gasteiger partial charge on any atom is -0.497 e. The summed E-state index contributed by atoms with van der Waals surface area (Å²) in [6.07, 6.45) is 1.83. The third kappa shape index (κ3) is 5.85. The quantitative estimate of drug-likeness (QED) is 0.245. The molecule has 0 aliphatic carbocycles. The summed E-state index contributed by atoms with van der Waals surface area (Å²) in [5.74, 6) is 0.814. The minimum absolute atomic E-state index is 0.188. The number of carbonyl (C=O) groups excluding carboxylic acids is 1. The molecule has 0 bridgehead atoms. The molecular weight excluding hydrogens is 562 g/mol. The molecule has 0 radical (unpaired) electrons. The molecular formula is C34H35N3O5S. The molecule has 0 saturated heterocycles. The molecule has 8 nitrogen and oxygen atoms in total.